The molecular formula is C16H13ClO. The smallest absolute Gasteiger partial charge is 0.170 e. The molecule has 0 amide bonds. The van der Waals surface area contributed by atoms with Crippen molar-refractivity contribution in [3.05, 3.63) is 70.2 Å². The first-order valence-electron chi connectivity index (χ1n) is 6.13. The van der Waals surface area contributed by atoms with Crippen LogP contribution >= 0.6 is 11.6 Å². The largest absolute Gasteiger partial charge is 0.293 e. The standard InChI is InChI=1S/C16H13ClO/c17-13-6-3-5-12(10-13)15-9-8-11-4-1-2-7-14(11)16(15)18/h1-7,10,15H,8-9H2. The van der Waals surface area contributed by atoms with E-state index in [1.807, 2.05) is 48.5 Å². The van der Waals surface area contributed by atoms with Gasteiger partial charge in [-0.05, 0) is 36.1 Å². The normalized spacial score (nSPS) is 18.5. The van der Waals surface area contributed by atoms with Crippen molar-refractivity contribution in [3.8, 4) is 0 Å². The maximum Gasteiger partial charge on any atom is 0.170 e. The first-order chi connectivity index (χ1) is 8.75. The maximum absolute atomic E-state index is 12.5. The molecule has 2 aromatic carbocycles. The molecule has 1 unspecified atom stereocenters. The summed E-state index contributed by atoms with van der Waals surface area (Å²) in [5.74, 6) is 0.178. The lowest BCUT2D eigenvalue weighted by molar-refractivity contribution is 0.0946. The molecule has 0 aliphatic heterocycles. The van der Waals surface area contributed by atoms with Crippen LogP contribution in [0.4, 0.5) is 0 Å². The molecule has 0 radical (unpaired) electrons. The fourth-order valence-corrected chi connectivity index (χ4v) is 2.84. The number of aryl methyl sites for hydroxylation is 1. The van der Waals surface area contributed by atoms with E-state index in [2.05, 4.69) is 0 Å². The molecule has 1 nitrogen and oxygen atoms in total. The second kappa shape index (κ2) is 4.58. The Morgan fingerprint density at radius 3 is 2.72 bits per heavy atom. The van der Waals surface area contributed by atoms with Crippen molar-refractivity contribution in [1.82, 2.24) is 0 Å². The van der Waals surface area contributed by atoms with E-state index in [1.54, 1.807) is 0 Å². The topological polar surface area (TPSA) is 17.1 Å². The van der Waals surface area contributed by atoms with Gasteiger partial charge in [0.1, 0.15) is 0 Å². The van der Waals surface area contributed by atoms with E-state index in [9.17, 15) is 4.79 Å². The van der Waals surface area contributed by atoms with E-state index < -0.39 is 0 Å². The first kappa shape index (κ1) is 11.5. The van der Waals surface area contributed by atoms with Gasteiger partial charge in [0.2, 0.25) is 0 Å². The molecule has 3 rings (SSSR count). The number of halogens is 1. The van der Waals surface area contributed by atoms with Crippen molar-refractivity contribution in [1.29, 1.82) is 0 Å². The first-order valence-corrected chi connectivity index (χ1v) is 6.51. The summed E-state index contributed by atoms with van der Waals surface area (Å²) < 4.78 is 0. The Morgan fingerprint density at radius 1 is 1.06 bits per heavy atom. The fraction of sp³-hybridized carbons (Fsp3) is 0.188. The number of rotatable bonds is 1. The van der Waals surface area contributed by atoms with Gasteiger partial charge >= 0.3 is 0 Å². The van der Waals surface area contributed by atoms with Crippen LogP contribution in [-0.2, 0) is 6.42 Å². The average Bonchev–Trinajstić information content (AvgIpc) is 2.39. The second-order valence-corrected chi connectivity index (χ2v) is 5.10. The zero-order valence-corrected chi connectivity index (χ0v) is 10.7. The summed E-state index contributed by atoms with van der Waals surface area (Å²) >= 11 is 6.00. The number of carbonyl (C=O) groups is 1. The number of fused-ring (bicyclic) bond motifs is 1. The zero-order chi connectivity index (χ0) is 12.5. The van der Waals surface area contributed by atoms with Crippen molar-refractivity contribution in [2.24, 2.45) is 0 Å². The van der Waals surface area contributed by atoms with Crippen LogP contribution in [0.3, 0.4) is 0 Å². The summed E-state index contributed by atoms with van der Waals surface area (Å²) in [6.45, 7) is 0. The van der Waals surface area contributed by atoms with Crippen molar-refractivity contribution < 1.29 is 4.79 Å². The summed E-state index contributed by atoms with van der Waals surface area (Å²) in [7, 11) is 0. The Labute approximate surface area is 111 Å². The molecule has 0 N–H and O–H groups in total. The Hall–Kier alpha value is -1.60. The molecule has 0 bridgehead atoms. The predicted molar refractivity (Wildman–Crippen MR) is 73.3 cm³/mol. The number of Topliss-reactive ketones (excluding diaryl/α,β-unsaturated/α-hetero) is 1. The van der Waals surface area contributed by atoms with Crippen LogP contribution in [0.2, 0.25) is 5.02 Å². The van der Waals surface area contributed by atoms with E-state index >= 15 is 0 Å². The van der Waals surface area contributed by atoms with Gasteiger partial charge in [0.05, 0.1) is 0 Å². The van der Waals surface area contributed by atoms with Crippen molar-refractivity contribution in [3.63, 3.8) is 0 Å². The van der Waals surface area contributed by atoms with Crippen LogP contribution in [0.1, 0.15) is 33.8 Å². The number of hydrogen-bond donors (Lipinski definition) is 0. The SMILES string of the molecule is O=C1c2ccccc2CCC1c1cccc(Cl)c1. The highest BCUT2D eigenvalue weighted by molar-refractivity contribution is 6.30. The number of hydrogen-bond acceptors (Lipinski definition) is 1. The third kappa shape index (κ3) is 1.95. The molecular weight excluding hydrogens is 244 g/mol. The summed E-state index contributed by atoms with van der Waals surface area (Å²) in [4.78, 5) is 12.5. The molecule has 0 saturated heterocycles. The number of carbonyl (C=O) groups excluding carboxylic acids is 1. The van der Waals surface area contributed by atoms with Gasteiger partial charge in [-0.2, -0.15) is 0 Å². The molecule has 0 aromatic heterocycles. The lowest BCUT2D eigenvalue weighted by atomic mass is 9.79. The van der Waals surface area contributed by atoms with E-state index in [0.717, 1.165) is 24.0 Å². The highest BCUT2D eigenvalue weighted by Crippen LogP contribution is 2.33. The molecule has 2 heteroatoms. The Morgan fingerprint density at radius 2 is 1.89 bits per heavy atom. The number of benzene rings is 2. The minimum absolute atomic E-state index is 0.0430. The molecule has 1 aliphatic rings. The van der Waals surface area contributed by atoms with Crippen LogP contribution in [0, 0.1) is 0 Å². The van der Waals surface area contributed by atoms with Gasteiger partial charge in [-0.1, -0.05) is 48.0 Å². The Bertz CT molecular complexity index is 604. The fourth-order valence-electron chi connectivity index (χ4n) is 2.64. The van der Waals surface area contributed by atoms with Crippen molar-refractivity contribution in [2.75, 3.05) is 0 Å². The summed E-state index contributed by atoms with van der Waals surface area (Å²) in [5, 5.41) is 0.694. The lowest BCUT2D eigenvalue weighted by Crippen LogP contribution is -2.20. The van der Waals surface area contributed by atoms with E-state index in [1.165, 1.54) is 5.56 Å². The summed E-state index contributed by atoms with van der Waals surface area (Å²) in [6, 6.07) is 15.5. The van der Waals surface area contributed by atoms with Crippen LogP contribution in [-0.4, -0.2) is 5.78 Å². The van der Waals surface area contributed by atoms with Gasteiger partial charge in [-0.25, -0.2) is 0 Å². The van der Waals surface area contributed by atoms with E-state index in [-0.39, 0.29) is 11.7 Å². The van der Waals surface area contributed by atoms with Gasteiger partial charge in [0.25, 0.3) is 0 Å². The molecule has 1 aliphatic carbocycles. The van der Waals surface area contributed by atoms with Gasteiger partial charge in [-0.3, -0.25) is 4.79 Å². The zero-order valence-electron chi connectivity index (χ0n) is 9.90. The molecule has 2 aromatic rings. The van der Waals surface area contributed by atoms with E-state index in [4.69, 9.17) is 11.6 Å². The lowest BCUT2D eigenvalue weighted by Gasteiger charge is -2.23. The second-order valence-electron chi connectivity index (χ2n) is 4.67. The van der Waals surface area contributed by atoms with Gasteiger partial charge in [0.15, 0.2) is 5.78 Å². The van der Waals surface area contributed by atoms with Crippen LogP contribution in [0.25, 0.3) is 0 Å². The monoisotopic (exact) mass is 256 g/mol. The minimum atomic E-state index is -0.0430. The van der Waals surface area contributed by atoms with Crippen molar-refractivity contribution >= 4 is 17.4 Å². The minimum Gasteiger partial charge on any atom is -0.293 e. The highest BCUT2D eigenvalue weighted by atomic mass is 35.5. The molecule has 0 spiro atoms. The van der Waals surface area contributed by atoms with Crippen LogP contribution in [0.5, 0.6) is 0 Å². The molecule has 1 atom stereocenters. The van der Waals surface area contributed by atoms with E-state index in [0.29, 0.717) is 5.02 Å². The maximum atomic E-state index is 12.5. The van der Waals surface area contributed by atoms with Crippen molar-refractivity contribution in [2.45, 2.75) is 18.8 Å². The Kier molecular flexibility index (Phi) is 2.92. The van der Waals surface area contributed by atoms with Gasteiger partial charge in [-0.15, -0.1) is 0 Å². The third-order valence-corrected chi connectivity index (χ3v) is 3.79. The molecule has 0 saturated carbocycles. The number of ketones is 1. The summed E-state index contributed by atoms with van der Waals surface area (Å²) in [5.41, 5.74) is 3.07. The molecule has 18 heavy (non-hydrogen) atoms. The summed E-state index contributed by atoms with van der Waals surface area (Å²) in [6.07, 6.45) is 1.83. The highest BCUT2D eigenvalue weighted by Gasteiger charge is 2.28. The van der Waals surface area contributed by atoms with Gasteiger partial charge in [0, 0.05) is 16.5 Å². The average molecular weight is 257 g/mol. The van der Waals surface area contributed by atoms with Gasteiger partial charge < -0.3 is 0 Å². The van der Waals surface area contributed by atoms with Crippen LogP contribution < -0.4 is 0 Å². The molecule has 90 valence electrons. The Balaban J connectivity index is 2.00. The van der Waals surface area contributed by atoms with Crippen LogP contribution in [0.15, 0.2) is 48.5 Å². The molecule has 0 fully saturated rings. The molecule has 0 heterocycles. The predicted octanol–water partition coefficient (Wildman–Crippen LogP) is 4.25. The quantitative estimate of drug-likeness (QED) is 0.745. The third-order valence-electron chi connectivity index (χ3n) is 3.55.